The van der Waals surface area contributed by atoms with Crippen LogP contribution >= 0.6 is 0 Å². The molecule has 1 N–H and O–H groups in total. The number of hydrogen-bond donors (Lipinski definition) is 1. The maximum Gasteiger partial charge on any atom is 0.244 e. The number of pyridine rings is 1. The summed E-state index contributed by atoms with van der Waals surface area (Å²) in [7, 11) is -2.16. The molecule has 1 atom stereocenters. The van der Waals surface area contributed by atoms with Crippen LogP contribution in [0.3, 0.4) is 0 Å². The molecule has 3 rings (SSSR count). The summed E-state index contributed by atoms with van der Waals surface area (Å²) in [6.07, 6.45) is 5.85. The SMILES string of the molecule is Cn1cc(S(=O)(=O)N[C@@H](c2ccc(F)cc2)c2cccnc2)cn1. The molecule has 0 aliphatic carbocycles. The van der Waals surface area contributed by atoms with Crippen molar-refractivity contribution in [2.75, 3.05) is 0 Å². The fraction of sp³-hybridized carbons (Fsp3) is 0.125. The van der Waals surface area contributed by atoms with E-state index in [-0.39, 0.29) is 10.7 Å². The van der Waals surface area contributed by atoms with Crippen molar-refractivity contribution in [1.29, 1.82) is 0 Å². The Morgan fingerprint density at radius 1 is 1.12 bits per heavy atom. The molecule has 24 heavy (non-hydrogen) atoms. The number of rotatable bonds is 5. The summed E-state index contributed by atoms with van der Waals surface area (Å²) in [6.45, 7) is 0. The van der Waals surface area contributed by atoms with E-state index in [1.807, 2.05) is 0 Å². The number of halogens is 1. The smallest absolute Gasteiger partial charge is 0.244 e. The molecule has 6 nitrogen and oxygen atoms in total. The first-order chi connectivity index (χ1) is 11.5. The predicted octanol–water partition coefficient (Wildman–Crippen LogP) is 2.02. The van der Waals surface area contributed by atoms with E-state index in [1.54, 1.807) is 43.7 Å². The van der Waals surface area contributed by atoms with Crippen molar-refractivity contribution in [3.05, 3.63) is 78.1 Å². The second kappa shape index (κ2) is 6.50. The fourth-order valence-electron chi connectivity index (χ4n) is 2.29. The van der Waals surface area contributed by atoms with Gasteiger partial charge >= 0.3 is 0 Å². The first-order valence-electron chi connectivity index (χ1n) is 7.12. The molecule has 2 heterocycles. The summed E-state index contributed by atoms with van der Waals surface area (Å²) in [5, 5.41) is 3.88. The maximum atomic E-state index is 13.2. The summed E-state index contributed by atoms with van der Waals surface area (Å²) in [6, 6.07) is 8.44. The zero-order chi connectivity index (χ0) is 17.2. The highest BCUT2D eigenvalue weighted by molar-refractivity contribution is 7.89. The van der Waals surface area contributed by atoms with Gasteiger partial charge in [0.1, 0.15) is 10.7 Å². The van der Waals surface area contributed by atoms with E-state index in [9.17, 15) is 12.8 Å². The van der Waals surface area contributed by atoms with Gasteiger partial charge < -0.3 is 0 Å². The topological polar surface area (TPSA) is 76.9 Å². The van der Waals surface area contributed by atoms with Crippen LogP contribution in [-0.2, 0) is 17.1 Å². The van der Waals surface area contributed by atoms with Crippen LogP contribution in [0.1, 0.15) is 17.2 Å². The molecule has 0 saturated heterocycles. The van der Waals surface area contributed by atoms with Gasteiger partial charge in [-0.3, -0.25) is 9.67 Å². The Bertz CT molecular complexity index is 924. The largest absolute Gasteiger partial charge is 0.274 e. The molecule has 1 aromatic carbocycles. The average Bonchev–Trinajstić information content (AvgIpc) is 3.02. The van der Waals surface area contributed by atoms with E-state index in [0.717, 1.165) is 0 Å². The van der Waals surface area contributed by atoms with E-state index in [0.29, 0.717) is 11.1 Å². The minimum atomic E-state index is -3.80. The number of aromatic nitrogens is 3. The molecule has 0 aliphatic rings. The summed E-state index contributed by atoms with van der Waals surface area (Å²) in [5.41, 5.74) is 1.26. The van der Waals surface area contributed by atoms with Crippen molar-refractivity contribution in [3.8, 4) is 0 Å². The van der Waals surface area contributed by atoms with Gasteiger partial charge in [0.2, 0.25) is 10.0 Å². The van der Waals surface area contributed by atoms with Crippen molar-refractivity contribution in [1.82, 2.24) is 19.5 Å². The van der Waals surface area contributed by atoms with Crippen molar-refractivity contribution >= 4 is 10.0 Å². The van der Waals surface area contributed by atoms with Crippen molar-refractivity contribution < 1.29 is 12.8 Å². The summed E-state index contributed by atoms with van der Waals surface area (Å²) in [5.74, 6) is -0.390. The van der Waals surface area contributed by atoms with Crippen molar-refractivity contribution in [3.63, 3.8) is 0 Å². The van der Waals surface area contributed by atoms with Gasteiger partial charge in [0, 0.05) is 25.6 Å². The first kappa shape index (κ1) is 16.3. The lowest BCUT2D eigenvalue weighted by Crippen LogP contribution is -2.29. The minimum absolute atomic E-state index is 0.0565. The van der Waals surface area contributed by atoms with Crippen LogP contribution in [0.15, 0.2) is 66.1 Å². The van der Waals surface area contributed by atoms with Crippen molar-refractivity contribution in [2.24, 2.45) is 7.05 Å². The highest BCUT2D eigenvalue weighted by atomic mass is 32.2. The third-order valence-corrected chi connectivity index (χ3v) is 4.86. The Hall–Kier alpha value is -2.58. The lowest BCUT2D eigenvalue weighted by atomic mass is 10.0. The van der Waals surface area contributed by atoms with Gasteiger partial charge in [-0.2, -0.15) is 9.82 Å². The van der Waals surface area contributed by atoms with Crippen LogP contribution in [0.25, 0.3) is 0 Å². The van der Waals surface area contributed by atoms with Crippen LogP contribution in [0, 0.1) is 5.82 Å². The second-order valence-electron chi connectivity index (χ2n) is 5.24. The second-order valence-corrected chi connectivity index (χ2v) is 6.96. The molecule has 0 unspecified atom stereocenters. The summed E-state index contributed by atoms with van der Waals surface area (Å²) < 4.78 is 42.5. The van der Waals surface area contributed by atoms with Crippen molar-refractivity contribution in [2.45, 2.75) is 10.9 Å². The third kappa shape index (κ3) is 3.50. The maximum absolute atomic E-state index is 13.2. The molecule has 0 bridgehead atoms. The van der Waals surface area contributed by atoms with Gasteiger partial charge in [0.25, 0.3) is 0 Å². The Balaban J connectivity index is 2.01. The molecule has 0 saturated carbocycles. The minimum Gasteiger partial charge on any atom is -0.274 e. The molecule has 124 valence electrons. The van der Waals surface area contributed by atoms with Crippen LogP contribution in [-0.4, -0.2) is 23.2 Å². The van der Waals surface area contributed by atoms with Gasteiger partial charge in [-0.1, -0.05) is 18.2 Å². The molecular weight excluding hydrogens is 331 g/mol. The Morgan fingerprint density at radius 3 is 2.46 bits per heavy atom. The molecule has 8 heteroatoms. The number of nitrogens with zero attached hydrogens (tertiary/aromatic N) is 3. The molecule has 0 radical (unpaired) electrons. The Morgan fingerprint density at radius 2 is 1.88 bits per heavy atom. The van der Waals surface area contributed by atoms with Gasteiger partial charge in [-0.15, -0.1) is 0 Å². The van der Waals surface area contributed by atoms with Crippen LogP contribution in [0.2, 0.25) is 0 Å². The number of benzene rings is 1. The van der Waals surface area contributed by atoms with Gasteiger partial charge in [-0.25, -0.2) is 12.8 Å². The zero-order valence-electron chi connectivity index (χ0n) is 12.8. The van der Waals surface area contributed by atoms with Crippen LogP contribution in [0.5, 0.6) is 0 Å². The Kier molecular flexibility index (Phi) is 4.41. The third-order valence-electron chi connectivity index (χ3n) is 3.49. The van der Waals surface area contributed by atoms with E-state index in [2.05, 4.69) is 14.8 Å². The Labute approximate surface area is 139 Å². The summed E-state index contributed by atoms with van der Waals surface area (Å²) >= 11 is 0. The molecule has 0 fully saturated rings. The van der Waals surface area contributed by atoms with E-state index in [1.165, 1.54) is 29.2 Å². The lowest BCUT2D eigenvalue weighted by Gasteiger charge is -2.19. The predicted molar refractivity (Wildman–Crippen MR) is 86.0 cm³/mol. The van der Waals surface area contributed by atoms with Gasteiger partial charge in [-0.05, 0) is 29.3 Å². The molecule has 3 aromatic rings. The van der Waals surface area contributed by atoms with Crippen LogP contribution < -0.4 is 4.72 Å². The van der Waals surface area contributed by atoms with E-state index >= 15 is 0 Å². The molecular formula is C16H15FN4O2S. The van der Waals surface area contributed by atoms with Gasteiger partial charge in [0.15, 0.2) is 0 Å². The first-order valence-corrected chi connectivity index (χ1v) is 8.60. The van der Waals surface area contributed by atoms with E-state index in [4.69, 9.17) is 0 Å². The highest BCUT2D eigenvalue weighted by Gasteiger charge is 2.24. The van der Waals surface area contributed by atoms with Gasteiger partial charge in [0.05, 0.1) is 12.2 Å². The summed E-state index contributed by atoms with van der Waals surface area (Å²) in [4.78, 5) is 4.09. The number of nitrogens with one attached hydrogen (secondary N) is 1. The molecule has 0 spiro atoms. The standard InChI is InChI=1S/C16H15FN4O2S/c1-21-11-15(10-19-21)24(22,23)20-16(13-3-2-8-18-9-13)12-4-6-14(17)7-5-12/h2-11,16,20H,1H3/t16-/m0/s1. The molecule has 2 aromatic heterocycles. The normalized spacial score (nSPS) is 12.9. The van der Waals surface area contributed by atoms with E-state index < -0.39 is 16.1 Å². The highest BCUT2D eigenvalue weighted by Crippen LogP contribution is 2.24. The monoisotopic (exact) mass is 346 g/mol. The molecule has 0 amide bonds. The quantitative estimate of drug-likeness (QED) is 0.767. The number of sulfonamides is 1. The average molecular weight is 346 g/mol. The number of hydrogen-bond acceptors (Lipinski definition) is 4. The zero-order valence-corrected chi connectivity index (χ0v) is 13.6. The molecule has 0 aliphatic heterocycles. The van der Waals surface area contributed by atoms with Crippen LogP contribution in [0.4, 0.5) is 4.39 Å². The lowest BCUT2D eigenvalue weighted by molar-refractivity contribution is 0.571. The fourth-order valence-corrected chi connectivity index (χ4v) is 3.49. The number of aryl methyl sites for hydroxylation is 1.